The number of unbranched alkanes of at least 4 members (excludes halogenated alkanes) is 1. The third-order valence-electron chi connectivity index (χ3n) is 1.96. The van der Waals surface area contributed by atoms with Gasteiger partial charge in [-0.15, -0.1) is 0 Å². The molecule has 0 aliphatic heterocycles. The summed E-state index contributed by atoms with van der Waals surface area (Å²) < 4.78 is 25.9. The van der Waals surface area contributed by atoms with Gasteiger partial charge in [0.25, 0.3) is 10.1 Å². The lowest BCUT2D eigenvalue weighted by molar-refractivity contribution is 0.283. The largest absolute Gasteiger partial charge is 0.270 e. The van der Waals surface area contributed by atoms with Crippen LogP contribution >= 0.6 is 0 Å². The predicted octanol–water partition coefficient (Wildman–Crippen LogP) is 2.18. The van der Waals surface area contributed by atoms with E-state index in [0.29, 0.717) is 12.5 Å². The van der Waals surface area contributed by atoms with Crippen LogP contribution in [0.25, 0.3) is 0 Å². The van der Waals surface area contributed by atoms with Gasteiger partial charge in [-0.3, -0.25) is 4.18 Å². The number of hydrogen-bond acceptors (Lipinski definition) is 3. The molecule has 0 bridgehead atoms. The van der Waals surface area contributed by atoms with Crippen LogP contribution in [0.3, 0.4) is 0 Å². The van der Waals surface area contributed by atoms with Gasteiger partial charge in [0.1, 0.15) is 0 Å². The maximum absolute atomic E-state index is 10.6. The molecule has 0 aromatic heterocycles. The highest BCUT2D eigenvalue weighted by atomic mass is 32.2. The highest BCUT2D eigenvalue weighted by Gasteiger charge is 2.05. The first-order valence-electron chi connectivity index (χ1n) is 4.80. The van der Waals surface area contributed by atoms with Crippen LogP contribution in [-0.4, -0.2) is 21.3 Å². The van der Waals surface area contributed by atoms with Gasteiger partial charge in [-0.2, -0.15) is 8.42 Å². The van der Waals surface area contributed by atoms with Gasteiger partial charge in [0.15, 0.2) is 0 Å². The fraction of sp³-hybridized carbons (Fsp3) is 1.00. The minimum Gasteiger partial charge on any atom is -0.270 e. The van der Waals surface area contributed by atoms with E-state index in [2.05, 4.69) is 18.0 Å². The molecule has 0 saturated heterocycles. The van der Waals surface area contributed by atoms with Crippen molar-refractivity contribution in [1.29, 1.82) is 0 Å². The van der Waals surface area contributed by atoms with E-state index in [1.165, 1.54) is 12.8 Å². The minimum absolute atomic E-state index is 0.323. The molecule has 0 aromatic rings. The van der Waals surface area contributed by atoms with Crippen LogP contribution in [0.1, 0.15) is 39.5 Å². The summed E-state index contributed by atoms with van der Waals surface area (Å²) in [4.78, 5) is 0. The second kappa shape index (κ2) is 6.38. The number of hydrogen-bond donors (Lipinski definition) is 0. The molecule has 0 aromatic carbocycles. The van der Waals surface area contributed by atoms with E-state index in [9.17, 15) is 8.42 Å². The molecule has 3 nitrogen and oxygen atoms in total. The molecule has 0 radical (unpaired) electrons. The first-order valence-corrected chi connectivity index (χ1v) is 6.61. The fourth-order valence-electron chi connectivity index (χ4n) is 1.10. The van der Waals surface area contributed by atoms with E-state index >= 15 is 0 Å². The first kappa shape index (κ1) is 12.9. The maximum Gasteiger partial charge on any atom is 0.264 e. The Kier molecular flexibility index (Phi) is 6.33. The van der Waals surface area contributed by atoms with Crippen LogP contribution in [0.5, 0.6) is 0 Å². The Morgan fingerprint density at radius 3 is 2.38 bits per heavy atom. The van der Waals surface area contributed by atoms with Gasteiger partial charge >= 0.3 is 0 Å². The lowest BCUT2D eigenvalue weighted by Gasteiger charge is -2.09. The Morgan fingerprint density at radius 2 is 1.92 bits per heavy atom. The summed E-state index contributed by atoms with van der Waals surface area (Å²) in [6.07, 6.45) is 5.47. The van der Waals surface area contributed by atoms with E-state index < -0.39 is 10.1 Å². The van der Waals surface area contributed by atoms with Crippen molar-refractivity contribution < 1.29 is 12.6 Å². The third kappa shape index (κ3) is 9.83. The molecule has 0 heterocycles. The van der Waals surface area contributed by atoms with Crippen molar-refractivity contribution in [1.82, 2.24) is 0 Å². The van der Waals surface area contributed by atoms with Crippen molar-refractivity contribution in [3.63, 3.8) is 0 Å². The molecule has 0 saturated carbocycles. The molecule has 0 N–H and O–H groups in total. The van der Waals surface area contributed by atoms with Crippen LogP contribution in [0.4, 0.5) is 0 Å². The van der Waals surface area contributed by atoms with Crippen LogP contribution < -0.4 is 0 Å². The molecule has 80 valence electrons. The monoisotopic (exact) mass is 208 g/mol. The van der Waals surface area contributed by atoms with E-state index in [1.807, 2.05) is 0 Å². The molecular weight excluding hydrogens is 188 g/mol. The van der Waals surface area contributed by atoms with Crippen molar-refractivity contribution in [2.75, 3.05) is 12.9 Å². The standard InChI is InChI=1S/C9H20O3S/c1-4-5-6-9(2)7-8-12-13(3,10)11/h9H,4-8H2,1-3H3/t9-/m0/s1. The Hall–Kier alpha value is -0.0900. The van der Waals surface area contributed by atoms with Crippen LogP contribution in [0, 0.1) is 5.92 Å². The predicted molar refractivity (Wildman–Crippen MR) is 54.1 cm³/mol. The van der Waals surface area contributed by atoms with Crippen LogP contribution in [-0.2, 0) is 14.3 Å². The molecule has 13 heavy (non-hydrogen) atoms. The fourth-order valence-corrected chi connectivity index (χ4v) is 1.50. The van der Waals surface area contributed by atoms with E-state index in [4.69, 9.17) is 0 Å². The number of rotatable bonds is 7. The molecule has 0 spiro atoms. The molecule has 0 aliphatic rings. The average molecular weight is 208 g/mol. The lowest BCUT2D eigenvalue weighted by Crippen LogP contribution is -2.07. The summed E-state index contributed by atoms with van der Waals surface area (Å²) in [5, 5.41) is 0. The van der Waals surface area contributed by atoms with Gasteiger partial charge in [-0.05, 0) is 12.3 Å². The zero-order valence-electron chi connectivity index (χ0n) is 8.75. The minimum atomic E-state index is -3.24. The second-order valence-corrected chi connectivity index (χ2v) is 5.21. The summed E-state index contributed by atoms with van der Waals surface area (Å²) >= 11 is 0. The Bertz CT molecular complexity index is 209. The SMILES string of the molecule is CCCC[C@H](C)CCOS(C)(=O)=O. The van der Waals surface area contributed by atoms with Crippen LogP contribution in [0.15, 0.2) is 0 Å². The van der Waals surface area contributed by atoms with Gasteiger partial charge < -0.3 is 0 Å². The molecule has 0 aliphatic carbocycles. The van der Waals surface area contributed by atoms with Crippen molar-refractivity contribution in [3.8, 4) is 0 Å². The summed E-state index contributed by atoms with van der Waals surface area (Å²) in [5.41, 5.74) is 0. The van der Waals surface area contributed by atoms with E-state index in [1.54, 1.807) is 0 Å². The molecule has 4 heteroatoms. The van der Waals surface area contributed by atoms with Gasteiger partial charge in [-0.1, -0.05) is 33.1 Å². The molecule has 0 fully saturated rings. The normalized spacial score (nSPS) is 14.4. The zero-order chi connectivity index (χ0) is 10.3. The zero-order valence-corrected chi connectivity index (χ0v) is 9.56. The summed E-state index contributed by atoms with van der Waals surface area (Å²) in [7, 11) is -3.24. The van der Waals surface area contributed by atoms with Crippen molar-refractivity contribution in [2.24, 2.45) is 5.92 Å². The maximum atomic E-state index is 10.6. The van der Waals surface area contributed by atoms with Crippen LogP contribution in [0.2, 0.25) is 0 Å². The highest BCUT2D eigenvalue weighted by molar-refractivity contribution is 7.85. The Balaban J connectivity index is 3.42. The summed E-state index contributed by atoms with van der Waals surface area (Å²) in [6, 6.07) is 0. The van der Waals surface area contributed by atoms with E-state index in [-0.39, 0.29) is 0 Å². The van der Waals surface area contributed by atoms with Crippen molar-refractivity contribution >= 4 is 10.1 Å². The van der Waals surface area contributed by atoms with Gasteiger partial charge in [0.05, 0.1) is 12.9 Å². The van der Waals surface area contributed by atoms with Gasteiger partial charge in [0.2, 0.25) is 0 Å². The van der Waals surface area contributed by atoms with Gasteiger partial charge in [-0.25, -0.2) is 0 Å². The molecule has 0 unspecified atom stereocenters. The molecular formula is C9H20O3S. The summed E-state index contributed by atoms with van der Waals surface area (Å²) in [6.45, 7) is 4.60. The molecule has 0 amide bonds. The highest BCUT2D eigenvalue weighted by Crippen LogP contribution is 2.11. The topological polar surface area (TPSA) is 43.4 Å². The smallest absolute Gasteiger partial charge is 0.264 e. The first-order chi connectivity index (χ1) is 5.95. The van der Waals surface area contributed by atoms with E-state index in [0.717, 1.165) is 19.1 Å². The Labute approximate surface area is 81.6 Å². The van der Waals surface area contributed by atoms with Crippen molar-refractivity contribution in [3.05, 3.63) is 0 Å². The summed E-state index contributed by atoms with van der Waals surface area (Å²) in [5.74, 6) is 0.557. The lowest BCUT2D eigenvalue weighted by atomic mass is 10.0. The van der Waals surface area contributed by atoms with Crippen molar-refractivity contribution in [2.45, 2.75) is 39.5 Å². The van der Waals surface area contributed by atoms with Gasteiger partial charge in [0, 0.05) is 0 Å². The third-order valence-corrected chi connectivity index (χ3v) is 2.55. The quantitative estimate of drug-likeness (QED) is 0.602. The second-order valence-electron chi connectivity index (χ2n) is 3.56. The molecule has 1 atom stereocenters. The Morgan fingerprint density at radius 1 is 1.31 bits per heavy atom. The average Bonchev–Trinajstić information content (AvgIpc) is 1.98. The molecule has 0 rings (SSSR count).